The Balaban J connectivity index is 1.83. The average molecular weight is 415 g/mol. The summed E-state index contributed by atoms with van der Waals surface area (Å²) in [5.41, 5.74) is 5.72. The van der Waals surface area contributed by atoms with Crippen molar-refractivity contribution in [3.05, 3.63) is 64.2 Å². The van der Waals surface area contributed by atoms with Gasteiger partial charge in [0.25, 0.3) is 5.91 Å². The second-order valence-electron chi connectivity index (χ2n) is 7.90. The topological polar surface area (TPSA) is 66.5 Å². The zero-order valence-electron chi connectivity index (χ0n) is 17.7. The fourth-order valence-corrected chi connectivity index (χ4v) is 4.46. The third-order valence-electron chi connectivity index (χ3n) is 5.80. The molecule has 0 radical (unpaired) electrons. The molecule has 1 atom stereocenters. The molecule has 0 aromatic heterocycles. The normalized spacial score (nSPS) is 14.8. The maximum absolute atomic E-state index is 12.9. The number of rotatable bonds is 6. The zero-order chi connectivity index (χ0) is 21.2. The molecule has 2 aromatic rings. The number of amides is 1. The average Bonchev–Trinajstić information content (AvgIpc) is 2.70. The molecule has 0 heterocycles. The highest BCUT2D eigenvalue weighted by molar-refractivity contribution is 7.92. The number of fused-ring (bicyclic) bond motifs is 1. The molecule has 156 valence electrons. The number of benzene rings is 2. The van der Waals surface area contributed by atoms with E-state index in [1.807, 2.05) is 6.92 Å². The van der Waals surface area contributed by atoms with Crippen LogP contribution in [0.2, 0.25) is 0 Å². The Morgan fingerprint density at radius 1 is 1.10 bits per heavy atom. The van der Waals surface area contributed by atoms with Gasteiger partial charge in [0, 0.05) is 12.6 Å². The Kier molecular flexibility index (Phi) is 6.32. The van der Waals surface area contributed by atoms with E-state index in [1.165, 1.54) is 35.3 Å². The fourth-order valence-electron chi connectivity index (χ4n) is 3.90. The summed E-state index contributed by atoms with van der Waals surface area (Å²) in [6, 6.07) is 11.6. The molecule has 1 aliphatic rings. The second kappa shape index (κ2) is 8.57. The van der Waals surface area contributed by atoms with Gasteiger partial charge >= 0.3 is 0 Å². The monoisotopic (exact) mass is 414 g/mol. The quantitative estimate of drug-likeness (QED) is 0.772. The summed E-state index contributed by atoms with van der Waals surface area (Å²) in [5, 5.41) is 3.12. The Bertz CT molecular complexity index is 1010. The van der Waals surface area contributed by atoms with E-state index in [-0.39, 0.29) is 11.9 Å². The molecular formula is C23H30N2O3S. The molecule has 0 bridgehead atoms. The molecule has 0 fully saturated rings. The van der Waals surface area contributed by atoms with Crippen LogP contribution in [0.1, 0.15) is 64.8 Å². The number of nitrogens with one attached hydrogen (secondary N) is 1. The van der Waals surface area contributed by atoms with Crippen molar-refractivity contribution < 1.29 is 13.2 Å². The van der Waals surface area contributed by atoms with Gasteiger partial charge in [0.2, 0.25) is 10.0 Å². The lowest BCUT2D eigenvalue weighted by Crippen LogP contribution is -2.29. The number of hydrogen-bond acceptors (Lipinski definition) is 3. The van der Waals surface area contributed by atoms with E-state index < -0.39 is 10.0 Å². The van der Waals surface area contributed by atoms with Crippen LogP contribution in [0.3, 0.4) is 0 Å². The molecule has 0 aliphatic heterocycles. The molecule has 0 saturated carbocycles. The van der Waals surface area contributed by atoms with Crippen molar-refractivity contribution in [2.75, 3.05) is 17.6 Å². The van der Waals surface area contributed by atoms with Gasteiger partial charge in [0.15, 0.2) is 0 Å². The highest BCUT2D eigenvalue weighted by Crippen LogP contribution is 2.27. The van der Waals surface area contributed by atoms with Crippen LogP contribution >= 0.6 is 0 Å². The van der Waals surface area contributed by atoms with Crippen molar-refractivity contribution in [2.45, 2.75) is 52.0 Å². The van der Waals surface area contributed by atoms with Gasteiger partial charge < -0.3 is 5.32 Å². The van der Waals surface area contributed by atoms with Gasteiger partial charge in [-0.2, -0.15) is 0 Å². The third kappa shape index (κ3) is 4.81. The van der Waals surface area contributed by atoms with Crippen LogP contribution in [0.25, 0.3) is 0 Å². The maximum Gasteiger partial charge on any atom is 0.251 e. The summed E-state index contributed by atoms with van der Waals surface area (Å²) in [5.74, 6) is -0.197. The van der Waals surface area contributed by atoms with E-state index >= 15 is 0 Å². The molecule has 2 aromatic carbocycles. The lowest BCUT2D eigenvalue weighted by Gasteiger charge is -2.23. The molecular weight excluding hydrogens is 384 g/mol. The lowest BCUT2D eigenvalue weighted by atomic mass is 9.88. The number of sulfonamides is 1. The minimum atomic E-state index is -3.40. The van der Waals surface area contributed by atoms with E-state index in [4.69, 9.17) is 0 Å². The molecule has 1 amide bonds. The van der Waals surface area contributed by atoms with E-state index in [0.29, 0.717) is 11.3 Å². The number of aryl methyl sites for hydroxylation is 3. The van der Waals surface area contributed by atoms with Crippen LogP contribution in [0.5, 0.6) is 0 Å². The maximum atomic E-state index is 12.9. The first-order valence-corrected chi connectivity index (χ1v) is 12.0. The molecule has 1 aliphatic carbocycles. The molecule has 1 N–H and O–H groups in total. The van der Waals surface area contributed by atoms with Crippen LogP contribution < -0.4 is 9.62 Å². The van der Waals surface area contributed by atoms with Gasteiger partial charge in [-0.3, -0.25) is 9.10 Å². The highest BCUT2D eigenvalue weighted by atomic mass is 32.2. The summed E-state index contributed by atoms with van der Waals surface area (Å²) < 4.78 is 25.0. The molecule has 29 heavy (non-hydrogen) atoms. The van der Waals surface area contributed by atoms with E-state index in [2.05, 4.69) is 30.4 Å². The van der Waals surface area contributed by atoms with Crippen molar-refractivity contribution in [1.29, 1.82) is 0 Å². The molecule has 5 nitrogen and oxygen atoms in total. The Labute approximate surface area is 174 Å². The van der Waals surface area contributed by atoms with Crippen molar-refractivity contribution in [1.82, 2.24) is 5.32 Å². The summed E-state index contributed by atoms with van der Waals surface area (Å²) in [6.07, 6.45) is 6.65. The minimum Gasteiger partial charge on any atom is -0.345 e. The van der Waals surface area contributed by atoms with Crippen LogP contribution in [0.4, 0.5) is 5.69 Å². The first kappa shape index (κ1) is 21.4. The first-order chi connectivity index (χ1) is 13.7. The number of nitrogens with zero attached hydrogens (tertiary/aromatic N) is 1. The van der Waals surface area contributed by atoms with Gasteiger partial charge in [0.05, 0.1) is 18.0 Å². The largest absolute Gasteiger partial charge is 0.345 e. The summed E-state index contributed by atoms with van der Waals surface area (Å²) in [7, 11) is -1.90. The molecule has 0 saturated heterocycles. The SMILES string of the molecule is CCC(NC(=O)c1ccc(C)c(N(C)S(C)(=O)=O)c1)c1ccc2c(c1)CCCC2. The molecule has 0 spiro atoms. The van der Waals surface area contributed by atoms with E-state index in [0.717, 1.165) is 36.6 Å². The standard InChI is InChI=1S/C23H30N2O3S/c1-5-21(19-13-12-17-8-6-7-9-18(17)14-19)24-23(26)20-11-10-16(2)22(15-20)25(3)29(4,27)28/h10-15,21H,5-9H2,1-4H3,(H,24,26). The number of hydrogen-bond donors (Lipinski definition) is 1. The van der Waals surface area contributed by atoms with Crippen molar-refractivity contribution in [2.24, 2.45) is 0 Å². The van der Waals surface area contributed by atoms with Crippen LogP contribution in [0.15, 0.2) is 36.4 Å². The van der Waals surface area contributed by atoms with Crippen LogP contribution in [-0.4, -0.2) is 27.6 Å². The Morgan fingerprint density at radius 2 is 1.79 bits per heavy atom. The molecule has 3 rings (SSSR count). The predicted molar refractivity (Wildman–Crippen MR) is 118 cm³/mol. The number of carbonyl (C=O) groups is 1. The van der Waals surface area contributed by atoms with Gasteiger partial charge in [-0.25, -0.2) is 8.42 Å². The van der Waals surface area contributed by atoms with Gasteiger partial charge in [-0.15, -0.1) is 0 Å². The van der Waals surface area contributed by atoms with Crippen molar-refractivity contribution >= 4 is 21.6 Å². The van der Waals surface area contributed by atoms with Crippen LogP contribution in [0, 0.1) is 6.92 Å². The zero-order valence-corrected chi connectivity index (χ0v) is 18.5. The molecule has 6 heteroatoms. The van der Waals surface area contributed by atoms with Gasteiger partial charge in [-0.1, -0.05) is 31.2 Å². The van der Waals surface area contributed by atoms with E-state index in [9.17, 15) is 13.2 Å². The van der Waals surface area contributed by atoms with Gasteiger partial charge in [0.1, 0.15) is 0 Å². The summed E-state index contributed by atoms with van der Waals surface area (Å²) >= 11 is 0. The first-order valence-electron chi connectivity index (χ1n) is 10.2. The lowest BCUT2D eigenvalue weighted by molar-refractivity contribution is 0.0935. The minimum absolute atomic E-state index is 0.0767. The highest BCUT2D eigenvalue weighted by Gasteiger charge is 2.20. The summed E-state index contributed by atoms with van der Waals surface area (Å²) in [6.45, 7) is 3.89. The smallest absolute Gasteiger partial charge is 0.251 e. The second-order valence-corrected chi connectivity index (χ2v) is 9.92. The van der Waals surface area contributed by atoms with Crippen LogP contribution in [-0.2, 0) is 22.9 Å². The third-order valence-corrected chi connectivity index (χ3v) is 6.99. The fraction of sp³-hybridized carbons (Fsp3) is 0.435. The summed E-state index contributed by atoms with van der Waals surface area (Å²) in [4.78, 5) is 12.9. The Morgan fingerprint density at radius 3 is 2.45 bits per heavy atom. The van der Waals surface area contributed by atoms with Crippen molar-refractivity contribution in [3.8, 4) is 0 Å². The Hall–Kier alpha value is -2.34. The van der Waals surface area contributed by atoms with E-state index in [1.54, 1.807) is 18.2 Å². The number of anilines is 1. The predicted octanol–water partition coefficient (Wildman–Crippen LogP) is 4.15. The molecule has 1 unspecified atom stereocenters. The van der Waals surface area contributed by atoms with Crippen molar-refractivity contribution in [3.63, 3.8) is 0 Å². The van der Waals surface area contributed by atoms with Gasteiger partial charge in [-0.05, 0) is 73.4 Å². The number of carbonyl (C=O) groups excluding carboxylic acids is 1.